The summed E-state index contributed by atoms with van der Waals surface area (Å²) in [6.45, 7) is 3.43. The molecule has 0 spiro atoms. The molecule has 0 heterocycles. The van der Waals surface area contributed by atoms with Crippen LogP contribution in [0, 0.1) is 0 Å². The van der Waals surface area contributed by atoms with E-state index in [2.05, 4.69) is 21.9 Å². The van der Waals surface area contributed by atoms with Gasteiger partial charge in [-0.3, -0.25) is 9.98 Å². The molecule has 2 aromatic carbocycles. The second-order valence-electron chi connectivity index (χ2n) is 6.20. The molecule has 5 nitrogen and oxygen atoms in total. The number of aliphatic imine (C=N–C) groups is 2. The van der Waals surface area contributed by atoms with E-state index in [1.165, 1.54) is 0 Å². The van der Waals surface area contributed by atoms with Crippen LogP contribution in [0.5, 0.6) is 11.5 Å². The summed E-state index contributed by atoms with van der Waals surface area (Å²) in [6, 6.07) is 14.4. The molecule has 2 N–H and O–H groups in total. The smallest absolute Gasteiger partial charge is 0.124 e. The first-order valence-corrected chi connectivity index (χ1v) is 8.91. The average Bonchev–Trinajstić information content (AvgIpc) is 2.64. The Bertz CT molecular complexity index is 673. The van der Waals surface area contributed by atoms with Crippen LogP contribution in [-0.4, -0.2) is 60.8 Å². The molecule has 0 fully saturated rings. The summed E-state index contributed by atoms with van der Waals surface area (Å²) in [5.74, 6) is 0.524. The number of rotatable bonds is 10. The van der Waals surface area contributed by atoms with Crippen LogP contribution in [-0.2, 0) is 16.8 Å². The number of para-hydroxylation sites is 2. The Hall–Kier alpha value is -2.15. The number of aromatic hydroxyl groups is 2. The number of hydrogen-bond acceptors (Lipinski definition) is 5. The predicted octanol–water partition coefficient (Wildman–Crippen LogP) is 3.35. The first-order chi connectivity index (χ1) is 12.7. The standard InChI is InChI=1S/C21H27N3O2.Co/c1-24(14-6-12-22-16-18-8-2-4-10-20(18)25)15-7-13-23-17-19-9-3-5-11-21(19)26;/h2-5,8-11,16-17,25-26H,6-7,12-15H2,1H3;. The number of phenolic OH excluding ortho intramolecular Hbond substituents is 2. The number of nitrogens with zero attached hydrogens (tertiary/aromatic N) is 3. The van der Waals surface area contributed by atoms with Crippen molar-refractivity contribution in [2.45, 2.75) is 12.8 Å². The van der Waals surface area contributed by atoms with Gasteiger partial charge in [0.25, 0.3) is 0 Å². The largest absolute Gasteiger partial charge is 0.507 e. The van der Waals surface area contributed by atoms with Crippen LogP contribution >= 0.6 is 0 Å². The third-order valence-electron chi connectivity index (χ3n) is 3.99. The molecular formula is C21H27CoN3O2. The zero-order chi connectivity index (χ0) is 18.6. The van der Waals surface area contributed by atoms with Gasteiger partial charge in [-0.2, -0.15) is 0 Å². The van der Waals surface area contributed by atoms with Crippen molar-refractivity contribution < 1.29 is 27.0 Å². The van der Waals surface area contributed by atoms with Crippen LogP contribution in [0.2, 0.25) is 0 Å². The summed E-state index contributed by atoms with van der Waals surface area (Å²) in [5, 5.41) is 19.3. The van der Waals surface area contributed by atoms with Gasteiger partial charge >= 0.3 is 0 Å². The van der Waals surface area contributed by atoms with Gasteiger partial charge in [0.15, 0.2) is 0 Å². The van der Waals surface area contributed by atoms with Gasteiger partial charge in [-0.1, -0.05) is 24.3 Å². The number of benzene rings is 2. The topological polar surface area (TPSA) is 68.4 Å². The van der Waals surface area contributed by atoms with E-state index in [4.69, 9.17) is 0 Å². The zero-order valence-electron chi connectivity index (χ0n) is 15.6. The van der Waals surface area contributed by atoms with Crippen molar-refractivity contribution in [3.8, 4) is 11.5 Å². The molecule has 2 rings (SSSR count). The molecule has 27 heavy (non-hydrogen) atoms. The van der Waals surface area contributed by atoms with Gasteiger partial charge in [0.1, 0.15) is 11.5 Å². The maximum atomic E-state index is 9.66. The van der Waals surface area contributed by atoms with E-state index in [-0.39, 0.29) is 28.3 Å². The van der Waals surface area contributed by atoms with Crippen LogP contribution in [0.15, 0.2) is 58.5 Å². The number of hydrogen-bond donors (Lipinski definition) is 2. The van der Waals surface area contributed by atoms with Gasteiger partial charge in [-0.15, -0.1) is 0 Å². The molecule has 0 aliphatic carbocycles. The van der Waals surface area contributed by atoms with Gasteiger partial charge in [0, 0.05) is 53.4 Å². The van der Waals surface area contributed by atoms with Gasteiger partial charge in [0.05, 0.1) is 0 Å². The predicted molar refractivity (Wildman–Crippen MR) is 108 cm³/mol. The molecule has 0 aliphatic rings. The zero-order valence-corrected chi connectivity index (χ0v) is 16.6. The van der Waals surface area contributed by atoms with Crippen molar-refractivity contribution in [3.63, 3.8) is 0 Å². The molecule has 0 aliphatic heterocycles. The van der Waals surface area contributed by atoms with E-state index in [0.29, 0.717) is 0 Å². The fourth-order valence-corrected chi connectivity index (χ4v) is 2.49. The van der Waals surface area contributed by atoms with Crippen LogP contribution in [0.25, 0.3) is 0 Å². The minimum atomic E-state index is 0. The van der Waals surface area contributed by atoms with E-state index in [9.17, 15) is 10.2 Å². The van der Waals surface area contributed by atoms with Crippen LogP contribution in [0.3, 0.4) is 0 Å². The van der Waals surface area contributed by atoms with Crippen molar-refractivity contribution in [2.24, 2.45) is 9.98 Å². The fraction of sp³-hybridized carbons (Fsp3) is 0.333. The maximum Gasteiger partial charge on any atom is 0.124 e. The molecule has 0 bridgehead atoms. The molecular weight excluding hydrogens is 385 g/mol. The Morgan fingerprint density at radius 1 is 0.778 bits per heavy atom. The first-order valence-electron chi connectivity index (χ1n) is 8.91. The van der Waals surface area contributed by atoms with Crippen LogP contribution < -0.4 is 0 Å². The minimum absolute atomic E-state index is 0. The summed E-state index contributed by atoms with van der Waals surface area (Å²) in [5.41, 5.74) is 1.51. The monoisotopic (exact) mass is 412 g/mol. The number of phenols is 2. The molecule has 2 aromatic rings. The Kier molecular flexibility index (Phi) is 11.1. The fourth-order valence-electron chi connectivity index (χ4n) is 2.49. The summed E-state index contributed by atoms with van der Waals surface area (Å²) < 4.78 is 0. The van der Waals surface area contributed by atoms with Crippen molar-refractivity contribution in [2.75, 3.05) is 33.2 Å². The molecule has 0 amide bonds. The van der Waals surface area contributed by atoms with E-state index in [1.807, 2.05) is 24.3 Å². The summed E-state index contributed by atoms with van der Waals surface area (Å²) in [4.78, 5) is 11.0. The third kappa shape index (κ3) is 8.86. The Labute approximate surface area is 171 Å². The van der Waals surface area contributed by atoms with Crippen molar-refractivity contribution >= 4 is 12.4 Å². The molecule has 1 radical (unpaired) electrons. The summed E-state index contributed by atoms with van der Waals surface area (Å²) in [6.07, 6.45) is 5.40. The van der Waals surface area contributed by atoms with Gasteiger partial charge in [0.2, 0.25) is 0 Å². The second-order valence-corrected chi connectivity index (χ2v) is 6.20. The summed E-state index contributed by atoms with van der Waals surface area (Å²) in [7, 11) is 2.10. The van der Waals surface area contributed by atoms with E-state index in [0.717, 1.165) is 50.1 Å². The van der Waals surface area contributed by atoms with Crippen molar-refractivity contribution in [1.82, 2.24) is 4.90 Å². The molecule has 0 aromatic heterocycles. The minimum Gasteiger partial charge on any atom is -0.507 e. The molecule has 6 heteroatoms. The first kappa shape index (κ1) is 22.9. The van der Waals surface area contributed by atoms with Crippen molar-refractivity contribution in [1.29, 1.82) is 0 Å². The van der Waals surface area contributed by atoms with Gasteiger partial charge < -0.3 is 15.1 Å². The Morgan fingerprint density at radius 3 is 1.59 bits per heavy atom. The van der Waals surface area contributed by atoms with Gasteiger partial charge in [-0.25, -0.2) is 0 Å². The maximum absolute atomic E-state index is 9.66. The quantitative estimate of drug-likeness (QED) is 0.465. The SMILES string of the molecule is CN(CCCN=Cc1ccccc1O)CCCN=Cc1ccccc1O.[Co]. The Balaban J connectivity index is 0.00000364. The molecule has 0 saturated carbocycles. The van der Waals surface area contributed by atoms with Crippen LogP contribution in [0.1, 0.15) is 24.0 Å². The summed E-state index contributed by atoms with van der Waals surface area (Å²) >= 11 is 0. The van der Waals surface area contributed by atoms with E-state index < -0.39 is 0 Å². The van der Waals surface area contributed by atoms with Crippen LogP contribution in [0.4, 0.5) is 0 Å². The average molecular weight is 412 g/mol. The van der Waals surface area contributed by atoms with Gasteiger partial charge in [-0.05, 0) is 57.2 Å². The second kappa shape index (κ2) is 13.1. The third-order valence-corrected chi connectivity index (χ3v) is 3.99. The van der Waals surface area contributed by atoms with Crippen molar-refractivity contribution in [3.05, 3.63) is 59.7 Å². The Morgan fingerprint density at radius 2 is 1.19 bits per heavy atom. The molecule has 0 saturated heterocycles. The van der Waals surface area contributed by atoms with E-state index >= 15 is 0 Å². The molecule has 0 unspecified atom stereocenters. The normalized spacial score (nSPS) is 11.3. The molecule has 0 atom stereocenters. The van der Waals surface area contributed by atoms with E-state index in [1.54, 1.807) is 36.7 Å². The molecule has 147 valence electrons.